The van der Waals surface area contributed by atoms with Crippen molar-refractivity contribution in [2.45, 2.75) is 39.0 Å². The van der Waals surface area contributed by atoms with Crippen molar-refractivity contribution in [2.24, 2.45) is 0 Å². The molecule has 0 saturated heterocycles. The van der Waals surface area contributed by atoms with Crippen LogP contribution in [0, 0.1) is 0 Å². The number of methoxy groups -OCH3 is 1. The van der Waals surface area contributed by atoms with E-state index in [9.17, 15) is 9.59 Å². The van der Waals surface area contributed by atoms with E-state index in [0.29, 0.717) is 28.9 Å². The van der Waals surface area contributed by atoms with Crippen molar-refractivity contribution in [1.82, 2.24) is 9.97 Å². The normalized spacial score (nSPS) is 10.6. The Morgan fingerprint density at radius 1 is 1.06 bits per heavy atom. The molecule has 2 aromatic heterocycles. The lowest BCUT2D eigenvalue weighted by Gasteiger charge is -2.19. The number of amides is 1. The summed E-state index contributed by atoms with van der Waals surface area (Å²) < 4.78 is 10.5. The van der Waals surface area contributed by atoms with Crippen LogP contribution in [0.4, 0.5) is 10.8 Å². The molecule has 8 heteroatoms. The topological polar surface area (TPSA) is 81.6 Å². The van der Waals surface area contributed by atoms with E-state index in [1.807, 2.05) is 17.5 Å². The van der Waals surface area contributed by atoms with E-state index in [-0.39, 0.29) is 0 Å². The quantitative estimate of drug-likeness (QED) is 0.232. The summed E-state index contributed by atoms with van der Waals surface area (Å²) in [6, 6.07) is 10.7. The Bertz CT molecular complexity index is 1010. The molecule has 0 fully saturated rings. The van der Waals surface area contributed by atoms with Crippen LogP contribution in [-0.2, 0) is 14.3 Å². The number of benzene rings is 1. The summed E-state index contributed by atoms with van der Waals surface area (Å²) >= 11 is 1.26. The average molecular weight is 454 g/mol. The highest BCUT2D eigenvalue weighted by molar-refractivity contribution is 7.14. The molecule has 0 aliphatic heterocycles. The average Bonchev–Trinajstić information content (AvgIpc) is 3.32. The summed E-state index contributed by atoms with van der Waals surface area (Å²) in [6.07, 6.45) is 9.21. The third kappa shape index (κ3) is 6.13. The van der Waals surface area contributed by atoms with Gasteiger partial charge in [0.2, 0.25) is 0 Å². The smallest absolute Gasteiger partial charge is 0.397 e. The summed E-state index contributed by atoms with van der Waals surface area (Å²) in [5.41, 5.74) is 2.00. The Morgan fingerprint density at radius 3 is 2.53 bits per heavy atom. The predicted octanol–water partition coefficient (Wildman–Crippen LogP) is 5.39. The molecule has 0 bridgehead atoms. The van der Waals surface area contributed by atoms with Crippen molar-refractivity contribution in [2.75, 3.05) is 18.6 Å². The third-order valence-corrected chi connectivity index (χ3v) is 5.64. The Labute approximate surface area is 192 Å². The van der Waals surface area contributed by atoms with Crippen LogP contribution in [0.1, 0.15) is 39.0 Å². The number of carbonyl (C=O) groups excluding carboxylic acids is 2. The lowest BCUT2D eigenvalue weighted by Crippen LogP contribution is -2.33. The van der Waals surface area contributed by atoms with E-state index in [2.05, 4.69) is 21.6 Å². The fourth-order valence-corrected chi connectivity index (χ4v) is 3.94. The molecular formula is C24H27N3O4S. The van der Waals surface area contributed by atoms with Crippen LogP contribution in [0.3, 0.4) is 0 Å². The Morgan fingerprint density at radius 2 is 1.84 bits per heavy atom. The van der Waals surface area contributed by atoms with E-state index in [1.54, 1.807) is 36.7 Å². The molecule has 0 unspecified atom stereocenters. The van der Waals surface area contributed by atoms with Gasteiger partial charge in [-0.05, 0) is 42.8 Å². The second kappa shape index (κ2) is 12.0. The molecule has 0 spiro atoms. The molecular weight excluding hydrogens is 426 g/mol. The number of anilines is 2. The number of hydrogen-bond donors (Lipinski definition) is 0. The number of thiazole rings is 1. The maximum absolute atomic E-state index is 12.8. The van der Waals surface area contributed by atoms with Crippen LogP contribution in [0.2, 0.25) is 0 Å². The highest BCUT2D eigenvalue weighted by atomic mass is 32.1. The molecule has 3 aromatic rings. The van der Waals surface area contributed by atoms with Gasteiger partial charge in [-0.25, -0.2) is 14.7 Å². The molecule has 168 valence electrons. The molecule has 0 atom stereocenters. The van der Waals surface area contributed by atoms with Crippen LogP contribution >= 0.6 is 11.3 Å². The molecule has 3 rings (SSSR count). The molecule has 0 radical (unpaired) electrons. The maximum atomic E-state index is 12.8. The van der Waals surface area contributed by atoms with Gasteiger partial charge < -0.3 is 9.47 Å². The van der Waals surface area contributed by atoms with Gasteiger partial charge in [0.05, 0.1) is 25.1 Å². The minimum Gasteiger partial charge on any atom is -0.494 e. The molecule has 1 aromatic carbocycles. The maximum Gasteiger partial charge on any atom is 0.397 e. The van der Waals surface area contributed by atoms with Crippen LogP contribution in [0.5, 0.6) is 5.75 Å². The highest BCUT2D eigenvalue weighted by Crippen LogP contribution is 2.33. The SMILES string of the molecule is CCCCCCCOc1ccc(N(C(=O)C(=O)OC)c2nc(-c3cccnc3)cs2)cc1. The van der Waals surface area contributed by atoms with E-state index in [4.69, 9.17) is 4.74 Å². The fraction of sp³-hybridized carbons (Fsp3) is 0.333. The number of nitrogens with zero attached hydrogens (tertiary/aromatic N) is 3. The third-order valence-electron chi connectivity index (χ3n) is 4.82. The van der Waals surface area contributed by atoms with Crippen molar-refractivity contribution < 1.29 is 19.1 Å². The second-order valence-corrected chi connectivity index (χ2v) is 7.98. The van der Waals surface area contributed by atoms with Gasteiger partial charge >= 0.3 is 11.9 Å². The zero-order chi connectivity index (χ0) is 22.8. The largest absolute Gasteiger partial charge is 0.494 e. The van der Waals surface area contributed by atoms with Gasteiger partial charge in [0.1, 0.15) is 5.75 Å². The van der Waals surface area contributed by atoms with Gasteiger partial charge in [-0.1, -0.05) is 32.6 Å². The van der Waals surface area contributed by atoms with E-state index < -0.39 is 11.9 Å². The highest BCUT2D eigenvalue weighted by Gasteiger charge is 2.28. The molecule has 32 heavy (non-hydrogen) atoms. The van der Waals surface area contributed by atoms with E-state index in [1.165, 1.54) is 42.6 Å². The zero-order valence-corrected chi connectivity index (χ0v) is 19.1. The van der Waals surface area contributed by atoms with Crippen molar-refractivity contribution in [3.8, 4) is 17.0 Å². The minimum atomic E-state index is -0.962. The molecule has 0 aliphatic carbocycles. The molecule has 7 nitrogen and oxygen atoms in total. The standard InChI is InChI=1S/C24H27N3O4S/c1-3-4-5-6-7-15-31-20-12-10-19(11-13-20)27(22(28)23(29)30-2)24-26-21(17-32-24)18-9-8-14-25-16-18/h8-14,16-17H,3-7,15H2,1-2H3. The van der Waals surface area contributed by atoms with Crippen molar-refractivity contribution >= 4 is 34.0 Å². The van der Waals surface area contributed by atoms with Crippen LogP contribution in [-0.4, -0.2) is 35.6 Å². The number of pyridine rings is 1. The van der Waals surface area contributed by atoms with Gasteiger partial charge in [-0.2, -0.15) is 0 Å². The first-order chi connectivity index (χ1) is 15.6. The summed E-state index contributed by atoms with van der Waals surface area (Å²) in [5.74, 6) is -1.07. The summed E-state index contributed by atoms with van der Waals surface area (Å²) in [5, 5.41) is 2.18. The molecule has 1 amide bonds. The summed E-state index contributed by atoms with van der Waals surface area (Å²) in [4.78, 5) is 34.7. The first kappa shape index (κ1) is 23.4. The van der Waals surface area contributed by atoms with Gasteiger partial charge in [0.25, 0.3) is 0 Å². The van der Waals surface area contributed by atoms with Gasteiger partial charge in [0.15, 0.2) is 5.13 Å². The fourth-order valence-electron chi connectivity index (χ4n) is 3.09. The van der Waals surface area contributed by atoms with Gasteiger partial charge in [0, 0.05) is 23.3 Å². The van der Waals surface area contributed by atoms with Crippen LogP contribution in [0.25, 0.3) is 11.3 Å². The molecule has 0 saturated carbocycles. The van der Waals surface area contributed by atoms with E-state index >= 15 is 0 Å². The number of carbonyl (C=O) groups is 2. The predicted molar refractivity (Wildman–Crippen MR) is 125 cm³/mol. The first-order valence-electron chi connectivity index (χ1n) is 10.6. The Balaban J connectivity index is 1.76. The number of rotatable bonds is 10. The number of aromatic nitrogens is 2. The number of hydrogen-bond acceptors (Lipinski definition) is 7. The van der Waals surface area contributed by atoms with Gasteiger partial charge in [-0.15, -0.1) is 11.3 Å². The minimum absolute atomic E-state index is 0.365. The lowest BCUT2D eigenvalue weighted by atomic mass is 10.2. The summed E-state index contributed by atoms with van der Waals surface area (Å²) in [7, 11) is 1.18. The number of esters is 1. The van der Waals surface area contributed by atoms with E-state index in [0.717, 1.165) is 18.4 Å². The molecule has 0 N–H and O–H groups in total. The van der Waals surface area contributed by atoms with Crippen molar-refractivity contribution in [1.29, 1.82) is 0 Å². The Kier molecular flexibility index (Phi) is 8.74. The van der Waals surface area contributed by atoms with Crippen LogP contribution in [0.15, 0.2) is 54.2 Å². The van der Waals surface area contributed by atoms with Crippen LogP contribution < -0.4 is 9.64 Å². The summed E-state index contributed by atoms with van der Waals surface area (Å²) in [6.45, 7) is 2.84. The Hall–Kier alpha value is -3.26. The van der Waals surface area contributed by atoms with Gasteiger partial charge in [-0.3, -0.25) is 9.78 Å². The molecule has 0 aliphatic rings. The first-order valence-corrected chi connectivity index (χ1v) is 11.5. The zero-order valence-electron chi connectivity index (χ0n) is 18.3. The number of ether oxygens (including phenoxy) is 2. The van der Waals surface area contributed by atoms with Crippen molar-refractivity contribution in [3.05, 3.63) is 54.2 Å². The lowest BCUT2D eigenvalue weighted by molar-refractivity contribution is -0.151. The monoisotopic (exact) mass is 453 g/mol. The van der Waals surface area contributed by atoms with Crippen molar-refractivity contribution in [3.63, 3.8) is 0 Å². The number of unbranched alkanes of at least 4 members (excludes halogenated alkanes) is 4. The molecule has 2 heterocycles. The second-order valence-electron chi connectivity index (χ2n) is 7.15.